The summed E-state index contributed by atoms with van der Waals surface area (Å²) < 4.78 is 4.79. The lowest BCUT2D eigenvalue weighted by Crippen LogP contribution is -2.42. The maximum absolute atomic E-state index is 11.6. The molecule has 1 aliphatic heterocycles. The van der Waals surface area contributed by atoms with Crippen LogP contribution >= 0.6 is 0 Å². The van der Waals surface area contributed by atoms with Crippen molar-refractivity contribution < 1.29 is 19.3 Å². The van der Waals surface area contributed by atoms with Crippen LogP contribution in [-0.2, 0) is 19.3 Å². The van der Waals surface area contributed by atoms with Gasteiger partial charge in [-0.25, -0.2) is 9.78 Å². The van der Waals surface area contributed by atoms with Crippen LogP contribution in [0.3, 0.4) is 0 Å². The second-order valence-corrected chi connectivity index (χ2v) is 8.61. The van der Waals surface area contributed by atoms with Gasteiger partial charge in [-0.15, -0.1) is 0 Å². The molecule has 138 valence electrons. The number of carbonyl (C=O) groups excluding carboxylic acids is 1. The minimum absolute atomic E-state index is 0.216. The van der Waals surface area contributed by atoms with Crippen LogP contribution in [0, 0.1) is 17.3 Å². The van der Waals surface area contributed by atoms with Gasteiger partial charge in [0.2, 0.25) is 0 Å². The van der Waals surface area contributed by atoms with Crippen molar-refractivity contribution in [2.75, 3.05) is 7.11 Å². The van der Waals surface area contributed by atoms with Crippen LogP contribution in [-0.4, -0.2) is 24.8 Å². The standard InChI is InChI=1S/C20H34O4/c1-14-8-7-11-19(3,4)16(14)9-12-20(5)13-10-17(23-24-20)15(2)18(21)22-6/h15-17H,1,7-13H2,2-6H3/t15?,16?,17-,20+/m0/s1. The van der Waals surface area contributed by atoms with E-state index in [1.54, 1.807) is 0 Å². The van der Waals surface area contributed by atoms with E-state index in [1.165, 1.54) is 25.5 Å². The van der Waals surface area contributed by atoms with Gasteiger partial charge in [-0.05, 0) is 70.1 Å². The maximum Gasteiger partial charge on any atom is 0.311 e. The molecule has 1 saturated carbocycles. The number of rotatable bonds is 5. The number of methoxy groups -OCH3 is 1. The van der Waals surface area contributed by atoms with Crippen LogP contribution in [0.2, 0.25) is 0 Å². The van der Waals surface area contributed by atoms with Crippen molar-refractivity contribution in [2.45, 2.75) is 84.3 Å². The summed E-state index contributed by atoms with van der Waals surface area (Å²) in [6.45, 7) is 13.0. The Hall–Kier alpha value is -0.870. The second-order valence-electron chi connectivity index (χ2n) is 8.61. The van der Waals surface area contributed by atoms with E-state index in [0.29, 0.717) is 11.3 Å². The zero-order valence-corrected chi connectivity index (χ0v) is 16.0. The summed E-state index contributed by atoms with van der Waals surface area (Å²) in [5.41, 5.74) is 1.44. The Morgan fingerprint density at radius 2 is 2.08 bits per heavy atom. The number of carbonyl (C=O) groups is 1. The van der Waals surface area contributed by atoms with Crippen molar-refractivity contribution in [3.05, 3.63) is 12.2 Å². The molecule has 2 aliphatic rings. The number of hydrogen-bond donors (Lipinski definition) is 0. The van der Waals surface area contributed by atoms with Crippen LogP contribution in [0.1, 0.15) is 72.6 Å². The fraction of sp³-hybridized carbons (Fsp3) is 0.850. The lowest BCUT2D eigenvalue weighted by Gasteiger charge is -2.43. The third-order valence-electron chi connectivity index (χ3n) is 6.18. The number of hydrogen-bond acceptors (Lipinski definition) is 4. The molecule has 4 heteroatoms. The summed E-state index contributed by atoms with van der Waals surface area (Å²) >= 11 is 0. The molecule has 1 heterocycles. The highest BCUT2D eigenvalue weighted by molar-refractivity contribution is 5.72. The molecule has 4 atom stereocenters. The Labute approximate surface area is 146 Å². The largest absolute Gasteiger partial charge is 0.469 e. The van der Waals surface area contributed by atoms with Crippen molar-refractivity contribution in [1.82, 2.24) is 0 Å². The molecular formula is C20H34O4. The molecule has 0 N–H and O–H groups in total. The van der Waals surface area contributed by atoms with E-state index < -0.39 is 0 Å². The highest BCUT2D eigenvalue weighted by Gasteiger charge is 2.40. The van der Waals surface area contributed by atoms with Crippen LogP contribution in [0.5, 0.6) is 0 Å². The van der Waals surface area contributed by atoms with E-state index in [-0.39, 0.29) is 23.6 Å². The van der Waals surface area contributed by atoms with Crippen molar-refractivity contribution >= 4 is 5.97 Å². The van der Waals surface area contributed by atoms with Gasteiger partial charge in [0.1, 0.15) is 11.7 Å². The quantitative estimate of drug-likeness (QED) is 0.409. The molecule has 0 aromatic heterocycles. The molecule has 24 heavy (non-hydrogen) atoms. The molecule has 2 fully saturated rings. The van der Waals surface area contributed by atoms with E-state index in [2.05, 4.69) is 27.4 Å². The molecule has 1 aliphatic carbocycles. The molecule has 0 bridgehead atoms. The van der Waals surface area contributed by atoms with Crippen LogP contribution in [0.25, 0.3) is 0 Å². The fourth-order valence-corrected chi connectivity index (χ4v) is 4.27. The summed E-state index contributed by atoms with van der Waals surface area (Å²) in [5.74, 6) is 0.0162. The highest BCUT2D eigenvalue weighted by atomic mass is 17.2. The van der Waals surface area contributed by atoms with Crippen molar-refractivity contribution in [2.24, 2.45) is 17.3 Å². The monoisotopic (exact) mass is 338 g/mol. The smallest absolute Gasteiger partial charge is 0.311 e. The lowest BCUT2D eigenvalue weighted by molar-refractivity contribution is -0.411. The summed E-state index contributed by atoms with van der Waals surface area (Å²) in [6, 6.07) is 0. The van der Waals surface area contributed by atoms with Gasteiger partial charge < -0.3 is 4.74 Å². The number of ether oxygens (including phenoxy) is 1. The predicted molar refractivity (Wildman–Crippen MR) is 94.3 cm³/mol. The summed E-state index contributed by atoms with van der Waals surface area (Å²) in [5, 5.41) is 0. The topological polar surface area (TPSA) is 44.8 Å². The first-order chi connectivity index (χ1) is 11.2. The third kappa shape index (κ3) is 4.40. The van der Waals surface area contributed by atoms with Gasteiger partial charge in [-0.1, -0.05) is 26.0 Å². The highest BCUT2D eigenvalue weighted by Crippen LogP contribution is 2.47. The summed E-state index contributed by atoms with van der Waals surface area (Å²) in [6.07, 6.45) is 7.23. The predicted octanol–water partition coefficient (Wildman–Crippen LogP) is 4.83. The maximum atomic E-state index is 11.6. The second kappa shape index (κ2) is 7.57. The minimum Gasteiger partial charge on any atom is -0.469 e. The van der Waals surface area contributed by atoms with Gasteiger partial charge in [0.15, 0.2) is 0 Å². The van der Waals surface area contributed by atoms with Crippen LogP contribution < -0.4 is 0 Å². The fourth-order valence-electron chi connectivity index (χ4n) is 4.27. The van der Waals surface area contributed by atoms with Gasteiger partial charge in [-0.3, -0.25) is 4.79 Å². The van der Waals surface area contributed by atoms with E-state index in [0.717, 1.165) is 32.1 Å². The first kappa shape index (κ1) is 19.5. The first-order valence-electron chi connectivity index (χ1n) is 9.28. The Kier molecular flexibility index (Phi) is 6.14. The molecule has 0 radical (unpaired) electrons. The Morgan fingerprint density at radius 3 is 2.62 bits per heavy atom. The molecule has 0 amide bonds. The van der Waals surface area contributed by atoms with Crippen LogP contribution in [0.4, 0.5) is 0 Å². The van der Waals surface area contributed by atoms with E-state index in [9.17, 15) is 4.79 Å². The minimum atomic E-state index is -0.295. The Morgan fingerprint density at radius 1 is 1.38 bits per heavy atom. The summed E-state index contributed by atoms with van der Waals surface area (Å²) in [7, 11) is 1.41. The van der Waals surface area contributed by atoms with Crippen molar-refractivity contribution in [3.63, 3.8) is 0 Å². The average molecular weight is 338 g/mol. The van der Waals surface area contributed by atoms with Gasteiger partial charge in [0, 0.05) is 0 Å². The van der Waals surface area contributed by atoms with Crippen molar-refractivity contribution in [1.29, 1.82) is 0 Å². The molecule has 4 nitrogen and oxygen atoms in total. The zero-order chi connectivity index (χ0) is 18.0. The normalized spacial score (nSPS) is 34.6. The number of allylic oxidation sites excluding steroid dienone is 1. The molecule has 0 spiro atoms. The molecule has 0 aromatic rings. The Bertz CT molecular complexity index is 460. The number of esters is 1. The zero-order valence-electron chi connectivity index (χ0n) is 16.0. The average Bonchev–Trinajstić information content (AvgIpc) is 2.53. The van der Waals surface area contributed by atoms with E-state index in [1.807, 2.05) is 6.92 Å². The molecule has 1 saturated heterocycles. The molecule has 2 unspecified atom stereocenters. The van der Waals surface area contributed by atoms with Gasteiger partial charge >= 0.3 is 5.97 Å². The van der Waals surface area contributed by atoms with E-state index >= 15 is 0 Å². The van der Waals surface area contributed by atoms with Gasteiger partial charge in [0.05, 0.1) is 13.0 Å². The molecule has 2 rings (SSSR count). The molecular weight excluding hydrogens is 304 g/mol. The summed E-state index contributed by atoms with van der Waals surface area (Å²) in [4.78, 5) is 23.0. The lowest BCUT2D eigenvalue weighted by atomic mass is 9.64. The van der Waals surface area contributed by atoms with Gasteiger partial charge in [-0.2, -0.15) is 0 Å². The third-order valence-corrected chi connectivity index (χ3v) is 6.18. The van der Waals surface area contributed by atoms with Crippen molar-refractivity contribution in [3.8, 4) is 0 Å². The SMILES string of the molecule is C=C1CCCC(C)(C)C1CC[C@]1(C)CC[C@@H](C(C)C(=O)OC)OO1. The van der Waals surface area contributed by atoms with E-state index in [4.69, 9.17) is 14.5 Å². The van der Waals surface area contributed by atoms with Crippen LogP contribution in [0.15, 0.2) is 12.2 Å². The van der Waals surface area contributed by atoms with Gasteiger partial charge in [0.25, 0.3) is 0 Å². The Balaban J connectivity index is 1.87. The molecule has 0 aromatic carbocycles. The first-order valence-corrected chi connectivity index (χ1v) is 9.28.